The Labute approximate surface area is 288 Å². The number of hydrogen-bond acceptors (Lipinski definition) is 12. The Morgan fingerprint density at radius 2 is 1.75 bits per heavy atom. The van der Waals surface area contributed by atoms with E-state index in [0.29, 0.717) is 17.7 Å². The predicted octanol–water partition coefficient (Wildman–Crippen LogP) is 4.14. The summed E-state index contributed by atoms with van der Waals surface area (Å²) in [4.78, 5) is 27.9. The van der Waals surface area contributed by atoms with Crippen molar-refractivity contribution in [3.63, 3.8) is 0 Å². The van der Waals surface area contributed by atoms with Crippen LogP contribution in [0.1, 0.15) is 89.0 Å². The summed E-state index contributed by atoms with van der Waals surface area (Å²) in [6, 6.07) is -0.220. The molecule has 0 aliphatic carbocycles. The van der Waals surface area contributed by atoms with Gasteiger partial charge in [0.2, 0.25) is 0 Å². The molecule has 3 rings (SSSR count). The molecule has 0 radical (unpaired) electrons. The monoisotopic (exact) mass is 684 g/mol. The minimum atomic E-state index is -1.66. The van der Waals surface area contributed by atoms with Crippen molar-refractivity contribution in [2.45, 2.75) is 149 Å². The molecule has 12 nitrogen and oxygen atoms in total. The van der Waals surface area contributed by atoms with Crippen molar-refractivity contribution in [2.75, 3.05) is 27.3 Å². The Balaban J connectivity index is 0.00000800. The van der Waals surface area contributed by atoms with Crippen LogP contribution in [0.2, 0.25) is 0 Å². The summed E-state index contributed by atoms with van der Waals surface area (Å²) in [5.74, 6) is -3.87. The fourth-order valence-electron chi connectivity index (χ4n) is 7.67. The van der Waals surface area contributed by atoms with Gasteiger partial charge in [-0.05, 0) is 72.5 Å². The Morgan fingerprint density at radius 1 is 1.12 bits per heavy atom. The first-order valence-corrected chi connectivity index (χ1v) is 17.0. The average Bonchev–Trinajstić information content (AvgIpc) is 3.00. The van der Waals surface area contributed by atoms with Crippen molar-refractivity contribution in [1.29, 1.82) is 5.41 Å². The highest BCUT2D eigenvalue weighted by atomic mass is 16.7. The van der Waals surface area contributed by atoms with Crippen LogP contribution in [-0.2, 0) is 38.0 Å². The van der Waals surface area contributed by atoms with Crippen LogP contribution in [0.3, 0.4) is 0 Å². The third kappa shape index (κ3) is 9.24. The van der Waals surface area contributed by atoms with Crippen LogP contribution < -0.4 is 0 Å². The zero-order chi connectivity index (χ0) is 35.6. The first kappa shape index (κ1) is 42.2. The van der Waals surface area contributed by atoms with E-state index in [-0.39, 0.29) is 51.5 Å². The smallest absolute Gasteiger partial charge is 0.311 e. The van der Waals surface area contributed by atoms with E-state index < -0.39 is 77.7 Å². The van der Waals surface area contributed by atoms with Crippen molar-refractivity contribution in [3.05, 3.63) is 12.2 Å². The largest absolute Gasteiger partial charge is 0.459 e. The number of ether oxygens (including phenoxy) is 6. The van der Waals surface area contributed by atoms with Gasteiger partial charge in [0.15, 0.2) is 12.4 Å². The predicted molar refractivity (Wildman–Crippen MR) is 183 cm³/mol. The topological polar surface area (TPSA) is 157 Å². The Hall–Kier alpha value is -1.93. The van der Waals surface area contributed by atoms with Gasteiger partial charge in [-0.15, -0.1) is 0 Å². The minimum Gasteiger partial charge on any atom is -0.459 e. The third-order valence-electron chi connectivity index (χ3n) is 10.5. The number of carbonyl (C=O) groups excluding carboxylic acids is 2. The van der Waals surface area contributed by atoms with E-state index >= 15 is 0 Å². The summed E-state index contributed by atoms with van der Waals surface area (Å²) < 4.78 is 37.9. The number of hydrogen-bond donors (Lipinski definition) is 3. The van der Waals surface area contributed by atoms with E-state index in [4.69, 9.17) is 28.4 Å². The molecule has 3 fully saturated rings. The first-order chi connectivity index (χ1) is 21.7. The molecular weight excluding hydrogens is 620 g/mol. The molecule has 0 saturated carbocycles. The molecular formula is C36H64N2O10. The molecule has 0 unspecified atom stereocenters. The molecule has 3 N–H and O–H groups in total. The van der Waals surface area contributed by atoms with Crippen LogP contribution in [0.15, 0.2) is 12.2 Å². The van der Waals surface area contributed by atoms with Gasteiger partial charge in [-0.25, -0.2) is 0 Å². The molecule has 48 heavy (non-hydrogen) atoms. The van der Waals surface area contributed by atoms with Crippen LogP contribution in [0, 0.1) is 29.1 Å². The van der Waals surface area contributed by atoms with E-state index in [1.807, 2.05) is 46.7 Å². The number of nitrogens with one attached hydrogen (secondary N) is 1. The number of carbonyl (C=O) groups is 2. The van der Waals surface area contributed by atoms with Gasteiger partial charge in [0, 0.05) is 24.5 Å². The molecule has 0 aromatic carbocycles. The molecule has 0 amide bonds. The highest BCUT2D eigenvalue weighted by molar-refractivity contribution is 5.86. The summed E-state index contributed by atoms with van der Waals surface area (Å²) in [5.41, 5.74) is -1.91. The van der Waals surface area contributed by atoms with Crippen LogP contribution >= 0.6 is 0 Å². The highest BCUT2D eigenvalue weighted by Gasteiger charge is 2.53. The van der Waals surface area contributed by atoms with E-state index in [0.717, 1.165) is 0 Å². The van der Waals surface area contributed by atoms with E-state index in [9.17, 15) is 25.2 Å². The number of nitrogens with zero attached hydrogens (tertiary/aromatic N) is 1. The molecule has 2 bridgehead atoms. The second-order valence-corrected chi connectivity index (χ2v) is 14.8. The van der Waals surface area contributed by atoms with E-state index in [2.05, 4.69) is 6.58 Å². The van der Waals surface area contributed by atoms with Gasteiger partial charge in [-0.1, -0.05) is 41.7 Å². The maximum atomic E-state index is 13.6. The molecule has 0 aromatic rings. The summed E-state index contributed by atoms with van der Waals surface area (Å²) in [6.07, 6.45) is -4.98. The molecule has 0 spiro atoms. The summed E-state index contributed by atoms with van der Waals surface area (Å²) >= 11 is 0. The molecule has 12 heteroatoms. The maximum absolute atomic E-state index is 13.6. The lowest BCUT2D eigenvalue weighted by atomic mass is 9.73. The molecule has 0 aromatic heterocycles. The van der Waals surface area contributed by atoms with Gasteiger partial charge in [-0.2, -0.15) is 0 Å². The molecule has 3 saturated heterocycles. The Bertz CT molecular complexity index is 1130. The van der Waals surface area contributed by atoms with Gasteiger partial charge in [0.1, 0.15) is 11.7 Å². The SMILES string of the molecule is C.C=C1CO[C@@H]2[C@@H](C)C(=N)[C@H](C)C[C@@](C)(OC1)[C@H](O[C@@H]1O[C@H](C)C[C@H](N(C)C)[C@H]1OC(C)=O)[C@@H](C)[C@H](O)[C@@H](C)C(=O)O[C@H](CC)[C@@]2(C)O. The molecule has 3 aliphatic rings. The maximum Gasteiger partial charge on any atom is 0.311 e. The van der Waals surface area contributed by atoms with Crippen LogP contribution in [0.4, 0.5) is 0 Å². The summed E-state index contributed by atoms with van der Waals surface area (Å²) in [6.45, 7) is 19.9. The number of esters is 2. The fraction of sp³-hybridized carbons (Fsp3) is 0.861. The normalized spacial score (nSPS) is 43.7. The van der Waals surface area contributed by atoms with Crippen LogP contribution in [0.5, 0.6) is 0 Å². The lowest BCUT2D eigenvalue weighted by molar-refractivity contribution is -0.304. The molecule has 3 heterocycles. The standard InChI is InChI=1S/C35H60N2O10.CH4/c1-13-26-35(10,41)31-21(5)27(36)19(3)15-34(9,43-17-18(2)16-42-31)30(22(6)28(39)23(7)32(40)46-26)47-33-29(45-24(8)38)25(37(11)12)14-20(4)44-33;/h19-23,25-26,28-31,33,36,39,41H,2,13-17H2,1,3-12H3;1H4/t19-,20-,21+,22+,23-,25+,26-,28+,29-,30-,31-,33+,34-,35-;/m1./s1. The van der Waals surface area contributed by atoms with Crippen molar-refractivity contribution < 1.29 is 48.2 Å². The minimum absolute atomic E-state index is 0. The Morgan fingerprint density at radius 3 is 2.31 bits per heavy atom. The third-order valence-corrected chi connectivity index (χ3v) is 10.5. The van der Waals surface area contributed by atoms with E-state index in [1.165, 1.54) is 6.92 Å². The van der Waals surface area contributed by atoms with Gasteiger partial charge in [0.25, 0.3) is 0 Å². The highest BCUT2D eigenvalue weighted by Crippen LogP contribution is 2.41. The zero-order valence-corrected chi connectivity index (χ0v) is 30.3. The fourth-order valence-corrected chi connectivity index (χ4v) is 7.67. The second kappa shape index (κ2) is 16.9. The van der Waals surface area contributed by atoms with Gasteiger partial charge in [0.05, 0.1) is 55.2 Å². The number of fused-ring (bicyclic) bond motifs is 5. The van der Waals surface area contributed by atoms with Crippen molar-refractivity contribution in [1.82, 2.24) is 4.90 Å². The number of likely N-dealkylation sites (N-methyl/N-ethyl adjacent to an activating group) is 1. The second-order valence-electron chi connectivity index (χ2n) is 14.8. The van der Waals surface area contributed by atoms with Gasteiger partial charge >= 0.3 is 11.9 Å². The van der Waals surface area contributed by atoms with Gasteiger partial charge in [-0.3, -0.25) is 9.59 Å². The van der Waals surface area contributed by atoms with E-state index in [1.54, 1.807) is 27.7 Å². The van der Waals surface area contributed by atoms with Gasteiger partial charge < -0.3 is 48.9 Å². The molecule has 14 atom stereocenters. The Kier molecular flexibility index (Phi) is 14.8. The number of aliphatic hydroxyl groups is 2. The quantitative estimate of drug-likeness (QED) is 0.283. The number of aliphatic hydroxyl groups excluding tert-OH is 1. The van der Waals surface area contributed by atoms with Crippen molar-refractivity contribution >= 4 is 17.7 Å². The molecule has 278 valence electrons. The lowest BCUT2D eigenvalue weighted by Gasteiger charge is -2.49. The van der Waals surface area contributed by atoms with Crippen molar-refractivity contribution in [2.24, 2.45) is 23.7 Å². The lowest BCUT2D eigenvalue weighted by Crippen LogP contribution is -2.61. The van der Waals surface area contributed by atoms with Crippen molar-refractivity contribution in [3.8, 4) is 0 Å². The number of cyclic esters (lactones) is 1. The number of rotatable bonds is 5. The van der Waals surface area contributed by atoms with Crippen LogP contribution in [-0.4, -0.2) is 120 Å². The first-order valence-electron chi connectivity index (χ1n) is 17.0. The summed E-state index contributed by atoms with van der Waals surface area (Å²) in [7, 11) is 3.81. The summed E-state index contributed by atoms with van der Waals surface area (Å²) in [5, 5.41) is 33.1. The van der Waals surface area contributed by atoms with Crippen LogP contribution in [0.25, 0.3) is 0 Å². The zero-order valence-electron chi connectivity index (χ0n) is 30.3. The molecule has 3 aliphatic heterocycles. The average molecular weight is 685 g/mol.